The molecule has 2 aromatic heterocycles. The van der Waals surface area contributed by atoms with Crippen LogP contribution in [0.15, 0.2) is 58.3 Å². The van der Waals surface area contributed by atoms with Crippen molar-refractivity contribution >= 4 is 16.9 Å². The summed E-state index contributed by atoms with van der Waals surface area (Å²) in [7, 11) is 0. The van der Waals surface area contributed by atoms with Gasteiger partial charge in [-0.25, -0.2) is 9.78 Å². The van der Waals surface area contributed by atoms with Crippen LogP contribution in [-0.4, -0.2) is 39.3 Å². The number of pyridine rings is 1. The Kier molecular flexibility index (Phi) is 6.04. The molecule has 1 amide bonds. The SMILES string of the molecule is O=C(Cn1c(=O)n(CCc2ccccc2)c(=O)c2ncccc21)NCC1CCCO1. The molecule has 1 N–H and O–H groups in total. The zero-order valence-electron chi connectivity index (χ0n) is 16.6. The standard InChI is InChI=1S/C22H24N4O4/c27-19(24-14-17-8-5-13-30-17)15-26-18-9-4-11-23-20(18)21(28)25(22(26)29)12-10-16-6-2-1-3-7-16/h1-4,6-7,9,11,17H,5,8,10,12-15H2,(H,24,27). The molecular formula is C22H24N4O4. The topological polar surface area (TPSA) is 95.2 Å². The maximum Gasteiger partial charge on any atom is 0.332 e. The van der Waals surface area contributed by atoms with Crippen LogP contribution < -0.4 is 16.6 Å². The lowest BCUT2D eigenvalue weighted by molar-refractivity contribution is -0.122. The average molecular weight is 408 g/mol. The van der Waals surface area contributed by atoms with Gasteiger partial charge < -0.3 is 10.1 Å². The van der Waals surface area contributed by atoms with Crippen molar-refractivity contribution in [3.8, 4) is 0 Å². The van der Waals surface area contributed by atoms with Crippen molar-refractivity contribution in [2.24, 2.45) is 0 Å². The normalized spacial score (nSPS) is 16.1. The molecule has 0 spiro atoms. The summed E-state index contributed by atoms with van der Waals surface area (Å²) in [5.74, 6) is -0.300. The van der Waals surface area contributed by atoms with E-state index in [-0.39, 0.29) is 30.6 Å². The van der Waals surface area contributed by atoms with Crippen LogP contribution in [0.1, 0.15) is 18.4 Å². The smallest absolute Gasteiger partial charge is 0.332 e. The molecule has 8 nitrogen and oxygen atoms in total. The molecule has 3 aromatic rings. The first-order valence-electron chi connectivity index (χ1n) is 10.1. The molecule has 0 aliphatic carbocycles. The highest BCUT2D eigenvalue weighted by atomic mass is 16.5. The first-order valence-corrected chi connectivity index (χ1v) is 10.1. The third-order valence-corrected chi connectivity index (χ3v) is 5.31. The van der Waals surface area contributed by atoms with Crippen LogP contribution in [0.2, 0.25) is 0 Å². The Labute approximate surface area is 173 Å². The molecular weight excluding hydrogens is 384 g/mol. The fourth-order valence-electron chi connectivity index (χ4n) is 3.71. The van der Waals surface area contributed by atoms with Crippen LogP contribution in [0, 0.1) is 0 Å². The number of fused-ring (bicyclic) bond motifs is 1. The molecule has 1 aromatic carbocycles. The van der Waals surface area contributed by atoms with Gasteiger partial charge in [-0.3, -0.25) is 18.7 Å². The molecule has 0 radical (unpaired) electrons. The van der Waals surface area contributed by atoms with E-state index in [0.29, 0.717) is 25.1 Å². The molecule has 0 saturated carbocycles. The Balaban J connectivity index is 1.61. The van der Waals surface area contributed by atoms with Gasteiger partial charge in [-0.2, -0.15) is 0 Å². The van der Waals surface area contributed by atoms with E-state index < -0.39 is 11.2 Å². The Morgan fingerprint density at radius 1 is 1.13 bits per heavy atom. The number of aryl methyl sites for hydroxylation is 1. The number of benzene rings is 1. The van der Waals surface area contributed by atoms with E-state index in [0.717, 1.165) is 23.0 Å². The summed E-state index contributed by atoms with van der Waals surface area (Å²) in [5, 5.41) is 2.83. The van der Waals surface area contributed by atoms with Crippen molar-refractivity contribution in [3.05, 3.63) is 75.1 Å². The lowest BCUT2D eigenvalue weighted by atomic mass is 10.1. The molecule has 4 rings (SSSR count). The molecule has 1 aliphatic rings. The Hall–Kier alpha value is -3.26. The van der Waals surface area contributed by atoms with Crippen LogP contribution in [0.5, 0.6) is 0 Å². The lowest BCUT2D eigenvalue weighted by Gasteiger charge is -2.15. The fourth-order valence-corrected chi connectivity index (χ4v) is 3.71. The Morgan fingerprint density at radius 2 is 1.97 bits per heavy atom. The largest absolute Gasteiger partial charge is 0.376 e. The third-order valence-electron chi connectivity index (χ3n) is 5.31. The zero-order chi connectivity index (χ0) is 20.9. The highest BCUT2D eigenvalue weighted by Crippen LogP contribution is 2.10. The monoisotopic (exact) mass is 408 g/mol. The van der Waals surface area contributed by atoms with Gasteiger partial charge in [-0.05, 0) is 37.0 Å². The van der Waals surface area contributed by atoms with E-state index in [1.807, 2.05) is 30.3 Å². The van der Waals surface area contributed by atoms with Crippen molar-refractivity contribution in [1.29, 1.82) is 0 Å². The number of carbonyl (C=O) groups excluding carboxylic acids is 1. The second-order valence-electron chi connectivity index (χ2n) is 7.37. The molecule has 8 heteroatoms. The van der Waals surface area contributed by atoms with Crippen LogP contribution in [0.25, 0.3) is 11.0 Å². The van der Waals surface area contributed by atoms with Gasteiger partial charge in [0.1, 0.15) is 6.54 Å². The van der Waals surface area contributed by atoms with Gasteiger partial charge in [0, 0.05) is 25.9 Å². The Bertz CT molecular complexity index is 1150. The second-order valence-corrected chi connectivity index (χ2v) is 7.37. The minimum Gasteiger partial charge on any atom is -0.376 e. The van der Waals surface area contributed by atoms with E-state index in [9.17, 15) is 14.4 Å². The number of rotatable bonds is 7. The van der Waals surface area contributed by atoms with Gasteiger partial charge in [-0.1, -0.05) is 30.3 Å². The summed E-state index contributed by atoms with van der Waals surface area (Å²) >= 11 is 0. The summed E-state index contributed by atoms with van der Waals surface area (Å²) in [6, 6.07) is 12.9. The van der Waals surface area contributed by atoms with Gasteiger partial charge in [0.25, 0.3) is 5.56 Å². The molecule has 3 heterocycles. The minimum atomic E-state index is -0.510. The molecule has 1 saturated heterocycles. The summed E-state index contributed by atoms with van der Waals surface area (Å²) in [4.78, 5) is 42.7. The minimum absolute atomic E-state index is 0.0175. The quantitative estimate of drug-likeness (QED) is 0.632. The number of aromatic nitrogens is 3. The maximum absolute atomic E-state index is 13.1. The lowest BCUT2D eigenvalue weighted by Crippen LogP contribution is -2.44. The molecule has 0 bridgehead atoms. The van der Waals surface area contributed by atoms with Gasteiger partial charge >= 0.3 is 5.69 Å². The number of amides is 1. The van der Waals surface area contributed by atoms with E-state index in [1.54, 1.807) is 12.1 Å². The predicted octanol–water partition coefficient (Wildman–Crippen LogP) is 1.10. The fraction of sp³-hybridized carbons (Fsp3) is 0.364. The summed E-state index contributed by atoms with van der Waals surface area (Å²) in [6.45, 7) is 1.16. The van der Waals surface area contributed by atoms with E-state index in [1.165, 1.54) is 10.8 Å². The van der Waals surface area contributed by atoms with Crippen LogP contribution in [0.3, 0.4) is 0 Å². The van der Waals surface area contributed by atoms with E-state index in [4.69, 9.17) is 4.74 Å². The summed E-state index contributed by atoms with van der Waals surface area (Å²) in [5.41, 5.74) is 0.602. The summed E-state index contributed by atoms with van der Waals surface area (Å²) < 4.78 is 8.00. The molecule has 156 valence electrons. The van der Waals surface area contributed by atoms with Crippen LogP contribution in [-0.2, 0) is 29.0 Å². The number of hydrogen-bond donors (Lipinski definition) is 1. The van der Waals surface area contributed by atoms with Gasteiger partial charge in [0.15, 0.2) is 5.52 Å². The highest BCUT2D eigenvalue weighted by molar-refractivity contribution is 5.79. The molecule has 30 heavy (non-hydrogen) atoms. The van der Waals surface area contributed by atoms with Gasteiger partial charge in [0.2, 0.25) is 5.91 Å². The second kappa shape index (κ2) is 9.04. The number of carbonyl (C=O) groups is 1. The zero-order valence-corrected chi connectivity index (χ0v) is 16.6. The third kappa shape index (κ3) is 4.33. The molecule has 1 aliphatic heterocycles. The van der Waals surface area contributed by atoms with Crippen molar-refractivity contribution < 1.29 is 9.53 Å². The van der Waals surface area contributed by atoms with Crippen LogP contribution in [0.4, 0.5) is 0 Å². The number of nitrogens with one attached hydrogen (secondary N) is 1. The van der Waals surface area contributed by atoms with E-state index in [2.05, 4.69) is 10.3 Å². The van der Waals surface area contributed by atoms with Gasteiger partial charge in [0.05, 0.1) is 11.6 Å². The van der Waals surface area contributed by atoms with Crippen molar-refractivity contribution in [3.63, 3.8) is 0 Å². The maximum atomic E-state index is 13.1. The molecule has 1 fully saturated rings. The summed E-state index contributed by atoms with van der Waals surface area (Å²) in [6.07, 6.45) is 3.96. The number of ether oxygens (including phenoxy) is 1. The molecule has 1 atom stereocenters. The Morgan fingerprint density at radius 3 is 2.73 bits per heavy atom. The van der Waals surface area contributed by atoms with Crippen molar-refractivity contribution in [2.45, 2.75) is 38.5 Å². The van der Waals surface area contributed by atoms with Gasteiger partial charge in [-0.15, -0.1) is 0 Å². The average Bonchev–Trinajstić information content (AvgIpc) is 3.30. The number of hydrogen-bond acceptors (Lipinski definition) is 5. The van der Waals surface area contributed by atoms with E-state index >= 15 is 0 Å². The number of nitrogens with zero attached hydrogens (tertiary/aromatic N) is 3. The molecule has 1 unspecified atom stereocenters. The predicted molar refractivity (Wildman–Crippen MR) is 112 cm³/mol. The van der Waals surface area contributed by atoms with Crippen LogP contribution >= 0.6 is 0 Å². The highest BCUT2D eigenvalue weighted by Gasteiger charge is 2.19. The first kappa shape index (κ1) is 20.0. The van der Waals surface area contributed by atoms with Crippen molar-refractivity contribution in [1.82, 2.24) is 19.4 Å². The van der Waals surface area contributed by atoms with Crippen molar-refractivity contribution in [2.75, 3.05) is 13.2 Å². The first-order chi connectivity index (χ1) is 14.6.